The molecule has 1 aliphatic rings. The number of hydrogen-bond acceptors (Lipinski definition) is 5. The number of aromatic amines is 2. The molecule has 3 rings (SSSR count). The maximum atomic E-state index is 11.7. The zero-order valence-electron chi connectivity index (χ0n) is 10.8. The molecule has 9 heteroatoms. The predicted molar refractivity (Wildman–Crippen MR) is 70.9 cm³/mol. The molecule has 0 aliphatic carbocycles. The van der Waals surface area contributed by atoms with Crippen molar-refractivity contribution in [2.75, 3.05) is 0 Å². The number of aromatic carboxylic acids is 2. The summed E-state index contributed by atoms with van der Waals surface area (Å²) >= 11 is 0. The maximum absolute atomic E-state index is 11.7. The summed E-state index contributed by atoms with van der Waals surface area (Å²) < 4.78 is 5.33. The van der Waals surface area contributed by atoms with Crippen LogP contribution in [0, 0.1) is 0 Å². The lowest BCUT2D eigenvalue weighted by molar-refractivity contribution is 0.0651. The minimum atomic E-state index is -1.42. The van der Waals surface area contributed by atoms with Crippen molar-refractivity contribution in [3.63, 3.8) is 0 Å². The molecule has 1 aliphatic heterocycles. The van der Waals surface area contributed by atoms with Gasteiger partial charge in [0.25, 0.3) is 5.56 Å². The number of H-pyrrole nitrogens is 2. The Morgan fingerprint density at radius 3 is 2.32 bits per heavy atom. The molecule has 1 aromatic heterocycles. The van der Waals surface area contributed by atoms with Crippen LogP contribution in [-0.2, 0) is 6.42 Å². The van der Waals surface area contributed by atoms with Gasteiger partial charge in [0.05, 0.1) is 16.7 Å². The highest BCUT2D eigenvalue weighted by Gasteiger charge is 2.26. The fourth-order valence-corrected chi connectivity index (χ4v) is 2.25. The molecular weight excluding hydrogens is 296 g/mol. The largest absolute Gasteiger partial charge is 0.478 e. The normalized spacial score (nSPS) is 12.0. The minimum Gasteiger partial charge on any atom is -0.478 e. The van der Waals surface area contributed by atoms with Gasteiger partial charge in [-0.05, 0) is 12.1 Å². The summed E-state index contributed by atoms with van der Waals surface area (Å²) in [6.45, 7) is 0. The Labute approximate surface area is 120 Å². The van der Waals surface area contributed by atoms with Crippen LogP contribution in [0.5, 0.6) is 11.6 Å². The molecule has 0 atom stereocenters. The van der Waals surface area contributed by atoms with Gasteiger partial charge in [-0.1, -0.05) is 0 Å². The average molecular weight is 304 g/mol. The van der Waals surface area contributed by atoms with E-state index in [4.69, 9.17) is 14.9 Å². The third-order valence-corrected chi connectivity index (χ3v) is 3.24. The predicted octanol–water partition coefficient (Wildman–Crippen LogP) is 0.156. The van der Waals surface area contributed by atoms with Gasteiger partial charge in [0.15, 0.2) is 0 Å². The van der Waals surface area contributed by atoms with Crippen LogP contribution in [0.4, 0.5) is 0 Å². The number of ether oxygens (including phenoxy) is 1. The first kappa shape index (κ1) is 13.6. The lowest BCUT2D eigenvalue weighted by Crippen LogP contribution is -2.28. The maximum Gasteiger partial charge on any atom is 0.336 e. The lowest BCUT2D eigenvalue weighted by Gasteiger charge is -2.19. The number of nitrogens with one attached hydrogen (secondary N) is 2. The van der Waals surface area contributed by atoms with E-state index in [2.05, 4.69) is 4.98 Å². The Morgan fingerprint density at radius 1 is 1.05 bits per heavy atom. The lowest BCUT2D eigenvalue weighted by atomic mass is 9.97. The Hall–Kier alpha value is -3.36. The second-order valence-corrected chi connectivity index (χ2v) is 4.61. The number of carbonyl (C=O) groups is 2. The highest BCUT2D eigenvalue weighted by atomic mass is 16.5. The van der Waals surface area contributed by atoms with Gasteiger partial charge in [-0.15, -0.1) is 0 Å². The van der Waals surface area contributed by atoms with E-state index < -0.39 is 34.3 Å². The average Bonchev–Trinajstić information content (AvgIpc) is 2.43. The van der Waals surface area contributed by atoms with Crippen LogP contribution < -0.4 is 16.0 Å². The van der Waals surface area contributed by atoms with Crippen LogP contribution in [0.2, 0.25) is 0 Å². The highest BCUT2D eigenvalue weighted by molar-refractivity contribution is 6.02. The van der Waals surface area contributed by atoms with E-state index >= 15 is 0 Å². The Balaban J connectivity index is 2.21. The monoisotopic (exact) mass is 304 g/mol. The molecule has 0 unspecified atom stereocenters. The molecule has 22 heavy (non-hydrogen) atoms. The second-order valence-electron chi connectivity index (χ2n) is 4.61. The summed E-state index contributed by atoms with van der Waals surface area (Å²) in [6.07, 6.45) is 0.0109. The highest BCUT2D eigenvalue weighted by Crippen LogP contribution is 2.35. The Morgan fingerprint density at radius 2 is 1.68 bits per heavy atom. The number of carboxylic acids is 2. The summed E-state index contributed by atoms with van der Waals surface area (Å²) in [5, 5.41) is 18.2. The molecule has 0 amide bonds. The van der Waals surface area contributed by atoms with E-state index in [1.54, 1.807) is 0 Å². The van der Waals surface area contributed by atoms with Crippen molar-refractivity contribution < 1.29 is 24.5 Å². The van der Waals surface area contributed by atoms with Gasteiger partial charge in [0, 0.05) is 12.0 Å². The van der Waals surface area contributed by atoms with Gasteiger partial charge < -0.3 is 14.9 Å². The number of fused-ring (bicyclic) bond motifs is 2. The molecule has 9 nitrogen and oxygen atoms in total. The van der Waals surface area contributed by atoms with Crippen molar-refractivity contribution >= 4 is 11.9 Å². The fourth-order valence-electron chi connectivity index (χ4n) is 2.25. The van der Waals surface area contributed by atoms with Crippen molar-refractivity contribution in [2.45, 2.75) is 6.42 Å². The van der Waals surface area contributed by atoms with E-state index in [1.807, 2.05) is 4.98 Å². The quantitative estimate of drug-likeness (QED) is 0.526. The third-order valence-electron chi connectivity index (χ3n) is 3.24. The summed E-state index contributed by atoms with van der Waals surface area (Å²) in [4.78, 5) is 49.6. The second kappa shape index (κ2) is 4.58. The van der Waals surface area contributed by atoms with E-state index in [0.717, 1.165) is 12.1 Å². The smallest absolute Gasteiger partial charge is 0.336 e. The molecule has 112 valence electrons. The molecule has 0 fully saturated rings. The van der Waals surface area contributed by atoms with Crippen molar-refractivity contribution in [3.05, 3.63) is 55.2 Å². The SMILES string of the molecule is O=C(O)c1cc2c(cc1C(=O)O)Oc1[nH]c(=O)[nH]c(=O)c1C2. The standard InChI is InChI=1S/C13H8N2O7/c16-9-7-2-4-1-5(11(17)18)6(12(19)20)3-8(4)22-10(7)15-13(21)14-9/h1,3H,2H2,(H,17,18)(H,19,20)(H2,14,15,16,21). The van der Waals surface area contributed by atoms with Gasteiger partial charge >= 0.3 is 17.6 Å². The summed E-state index contributed by atoms with van der Waals surface area (Å²) in [6, 6.07) is 2.21. The summed E-state index contributed by atoms with van der Waals surface area (Å²) in [5.74, 6) is -2.83. The van der Waals surface area contributed by atoms with Gasteiger partial charge in [-0.3, -0.25) is 14.8 Å². The molecule has 2 aromatic rings. The van der Waals surface area contributed by atoms with E-state index in [9.17, 15) is 19.2 Å². The number of carboxylic acid groups (broad SMARTS) is 2. The third kappa shape index (κ3) is 2.04. The fraction of sp³-hybridized carbons (Fsp3) is 0.0769. The minimum absolute atomic E-state index is 0.0109. The molecule has 0 bridgehead atoms. The zero-order valence-corrected chi connectivity index (χ0v) is 10.8. The number of hydrogen-bond donors (Lipinski definition) is 4. The van der Waals surface area contributed by atoms with Crippen molar-refractivity contribution in [1.29, 1.82) is 0 Å². The molecule has 0 saturated heterocycles. The number of benzene rings is 1. The van der Waals surface area contributed by atoms with Crippen LogP contribution in [0.1, 0.15) is 31.8 Å². The Kier molecular flexibility index (Phi) is 2.84. The van der Waals surface area contributed by atoms with E-state index in [-0.39, 0.29) is 23.6 Å². The zero-order chi connectivity index (χ0) is 16.0. The summed E-state index contributed by atoms with van der Waals surface area (Å²) in [7, 11) is 0. The first-order chi connectivity index (χ1) is 10.4. The van der Waals surface area contributed by atoms with E-state index in [1.165, 1.54) is 0 Å². The van der Waals surface area contributed by atoms with Gasteiger partial charge in [-0.2, -0.15) is 0 Å². The molecular formula is C13H8N2O7. The van der Waals surface area contributed by atoms with Crippen molar-refractivity contribution in [1.82, 2.24) is 9.97 Å². The Bertz CT molecular complexity index is 938. The van der Waals surface area contributed by atoms with Gasteiger partial charge in [0.1, 0.15) is 5.75 Å². The van der Waals surface area contributed by atoms with Crippen LogP contribution in [-0.4, -0.2) is 32.1 Å². The van der Waals surface area contributed by atoms with Crippen LogP contribution in [0.25, 0.3) is 0 Å². The first-order valence-corrected chi connectivity index (χ1v) is 6.03. The number of aromatic nitrogens is 2. The van der Waals surface area contributed by atoms with Crippen LogP contribution >= 0.6 is 0 Å². The number of rotatable bonds is 2. The topological polar surface area (TPSA) is 150 Å². The molecule has 2 heterocycles. The molecule has 0 radical (unpaired) electrons. The van der Waals surface area contributed by atoms with Crippen molar-refractivity contribution in [2.24, 2.45) is 0 Å². The molecule has 4 N–H and O–H groups in total. The van der Waals surface area contributed by atoms with Gasteiger partial charge in [-0.25, -0.2) is 14.4 Å². The molecule has 0 saturated carbocycles. The van der Waals surface area contributed by atoms with Crippen LogP contribution in [0.15, 0.2) is 21.7 Å². The first-order valence-electron chi connectivity index (χ1n) is 6.03. The van der Waals surface area contributed by atoms with Crippen LogP contribution in [0.3, 0.4) is 0 Å². The van der Waals surface area contributed by atoms with E-state index in [0.29, 0.717) is 5.56 Å². The van der Waals surface area contributed by atoms with Gasteiger partial charge in [0.2, 0.25) is 5.88 Å². The summed E-state index contributed by atoms with van der Waals surface area (Å²) in [5.41, 5.74) is -1.78. The molecule has 1 aromatic carbocycles. The molecule has 0 spiro atoms. The van der Waals surface area contributed by atoms with Crippen molar-refractivity contribution in [3.8, 4) is 11.6 Å².